The molecule has 5 nitrogen and oxygen atoms in total. The lowest BCUT2D eigenvalue weighted by atomic mass is 9.48. The van der Waals surface area contributed by atoms with Gasteiger partial charge in [0, 0.05) is 30.7 Å². The summed E-state index contributed by atoms with van der Waals surface area (Å²) in [6, 6.07) is 2.88. The fraction of sp³-hybridized carbons (Fsp3) is 0.667. The number of ketones is 1. The molecular formula is C21H26BrNO4. The molecule has 5 atom stereocenters. The average molecular weight is 439 g/mol. The summed E-state index contributed by atoms with van der Waals surface area (Å²) in [6.45, 7) is -1.29. The number of quaternary nitrogens is 1. The highest BCUT2D eigenvalue weighted by Gasteiger charge is 2.76. The fourth-order valence-electron chi connectivity index (χ4n) is 6.60. The molecule has 1 spiro atoms. The van der Waals surface area contributed by atoms with Gasteiger partial charge in [0.05, 0.1) is 29.6 Å². The van der Waals surface area contributed by atoms with Gasteiger partial charge in [-0.2, -0.15) is 0 Å². The molecule has 3 aliphatic carbocycles. The summed E-state index contributed by atoms with van der Waals surface area (Å²) in [5.74, 6) is 0.635. The van der Waals surface area contributed by atoms with Crippen LogP contribution in [0.4, 0.5) is 0 Å². The molecule has 2 heterocycles. The van der Waals surface area contributed by atoms with E-state index in [1.54, 1.807) is 6.07 Å². The van der Waals surface area contributed by atoms with Crippen LogP contribution in [0.3, 0.4) is 0 Å². The topological polar surface area (TPSA) is 66.8 Å². The average Bonchev–Trinajstić information content (AvgIpc) is 3.38. The number of hydrogen-bond donors (Lipinski definition) is 2. The largest absolute Gasteiger partial charge is 1.00 e. The zero-order chi connectivity index (χ0) is 20.4. The Morgan fingerprint density at radius 2 is 2.19 bits per heavy atom. The number of carbonyl (C=O) groups excluding carboxylic acids is 1. The minimum absolute atomic E-state index is 0. The normalized spacial score (nSPS) is 45.7. The maximum absolute atomic E-state index is 12.9. The van der Waals surface area contributed by atoms with E-state index in [-0.39, 0.29) is 45.8 Å². The van der Waals surface area contributed by atoms with Gasteiger partial charge in [0.25, 0.3) is 0 Å². The van der Waals surface area contributed by atoms with Crippen LogP contribution in [0.1, 0.15) is 47.3 Å². The third-order valence-electron chi connectivity index (χ3n) is 7.92. The molecule has 2 saturated carbocycles. The van der Waals surface area contributed by atoms with E-state index in [9.17, 15) is 15.0 Å². The summed E-state index contributed by atoms with van der Waals surface area (Å²) in [7, 11) is 0. The Morgan fingerprint density at radius 1 is 1.37 bits per heavy atom. The number of piperidine rings is 1. The van der Waals surface area contributed by atoms with Crippen LogP contribution in [0.5, 0.6) is 11.5 Å². The number of likely N-dealkylation sites (N-methyl/N-ethyl adjacent to an activating group) is 1. The predicted octanol–water partition coefficient (Wildman–Crippen LogP) is -1.33. The molecule has 0 radical (unpaired) electrons. The summed E-state index contributed by atoms with van der Waals surface area (Å²) in [5, 5.41) is 22.7. The number of benzene rings is 1. The van der Waals surface area contributed by atoms with E-state index in [4.69, 9.17) is 8.85 Å². The lowest BCUT2D eigenvalue weighted by molar-refractivity contribution is -0.950. The number of ether oxygens (including phenoxy) is 1. The number of nitrogens with zero attached hydrogens (tertiary/aromatic N) is 1. The number of halogens is 1. The second kappa shape index (κ2) is 5.28. The van der Waals surface area contributed by atoms with Crippen molar-refractivity contribution in [2.75, 3.05) is 20.1 Å². The summed E-state index contributed by atoms with van der Waals surface area (Å²) >= 11 is 0. The summed E-state index contributed by atoms with van der Waals surface area (Å²) in [5.41, 5.74) is -0.624. The number of hydrogen-bond acceptors (Lipinski definition) is 4. The van der Waals surface area contributed by atoms with Crippen LogP contribution < -0.4 is 21.7 Å². The third kappa shape index (κ3) is 1.94. The van der Waals surface area contributed by atoms with Crippen molar-refractivity contribution in [1.29, 1.82) is 0 Å². The molecule has 1 saturated heterocycles. The Labute approximate surface area is 173 Å². The molecular weight excluding hydrogens is 410 g/mol. The van der Waals surface area contributed by atoms with Gasteiger partial charge in [-0.15, -0.1) is 0 Å². The van der Waals surface area contributed by atoms with E-state index in [0.29, 0.717) is 37.6 Å². The monoisotopic (exact) mass is 438 g/mol. The number of Topliss-reactive ketones (excluding diaryl/α,β-unsaturated/α-hetero) is 1. The number of carbonyl (C=O) groups is 1. The first kappa shape index (κ1) is 14.8. The van der Waals surface area contributed by atoms with Crippen LogP contribution in [0.25, 0.3) is 0 Å². The Morgan fingerprint density at radius 3 is 2.93 bits per heavy atom. The maximum Gasteiger partial charge on any atom is 0.174 e. The fourth-order valence-corrected chi connectivity index (χ4v) is 6.60. The van der Waals surface area contributed by atoms with Crippen LogP contribution in [-0.4, -0.2) is 58.3 Å². The first-order chi connectivity index (χ1) is 13.6. The van der Waals surface area contributed by atoms with Crippen LogP contribution in [0.15, 0.2) is 12.1 Å². The van der Waals surface area contributed by atoms with Gasteiger partial charge in [0.2, 0.25) is 0 Å². The molecule has 2 aliphatic heterocycles. The number of aliphatic hydroxyl groups is 1. The van der Waals surface area contributed by atoms with Crippen molar-refractivity contribution in [3.63, 3.8) is 0 Å². The lowest BCUT2D eigenvalue weighted by Gasteiger charge is -2.64. The predicted molar refractivity (Wildman–Crippen MR) is 94.1 cm³/mol. The molecule has 6 heteroatoms. The lowest BCUT2D eigenvalue weighted by Crippen LogP contribution is -3.00. The quantitative estimate of drug-likeness (QED) is 0.561. The van der Waals surface area contributed by atoms with E-state index in [1.165, 1.54) is 0 Å². The van der Waals surface area contributed by atoms with Gasteiger partial charge in [-0.3, -0.25) is 4.79 Å². The molecule has 1 aromatic carbocycles. The van der Waals surface area contributed by atoms with Gasteiger partial charge >= 0.3 is 0 Å². The van der Waals surface area contributed by atoms with Gasteiger partial charge in [0.1, 0.15) is 11.6 Å². The van der Waals surface area contributed by atoms with Gasteiger partial charge < -0.3 is 36.4 Å². The minimum atomic E-state index is -2.24. The van der Waals surface area contributed by atoms with Crippen molar-refractivity contribution in [2.24, 2.45) is 5.92 Å². The Hall–Kier alpha value is -1.11. The van der Waals surface area contributed by atoms with Crippen LogP contribution in [-0.2, 0) is 16.6 Å². The zero-order valence-electron chi connectivity index (χ0n) is 18.1. The van der Waals surface area contributed by atoms with Gasteiger partial charge in [-0.1, -0.05) is 6.07 Å². The Bertz CT molecular complexity index is 951. The zero-order valence-corrected chi connectivity index (χ0v) is 16.7. The first-order valence-electron chi connectivity index (χ1n) is 11.3. The van der Waals surface area contributed by atoms with E-state index in [0.717, 1.165) is 24.0 Å². The number of aromatic hydroxyl groups is 1. The van der Waals surface area contributed by atoms with Crippen LogP contribution >= 0.6 is 0 Å². The van der Waals surface area contributed by atoms with Crippen molar-refractivity contribution in [3.05, 3.63) is 23.3 Å². The number of phenols is 1. The molecule has 2 N–H and O–H groups in total. The molecule has 27 heavy (non-hydrogen) atoms. The summed E-state index contributed by atoms with van der Waals surface area (Å²) in [4.78, 5) is 12.9. The molecule has 0 aromatic heterocycles. The Balaban J connectivity index is 0.00000193. The highest BCUT2D eigenvalue weighted by Crippen LogP contribution is 2.65. The summed E-state index contributed by atoms with van der Waals surface area (Å²) < 4.78 is 31.4. The Kier molecular flexibility index (Phi) is 2.90. The van der Waals surface area contributed by atoms with Crippen molar-refractivity contribution in [1.82, 2.24) is 0 Å². The standard InChI is InChI=1S/C21H25NO4.BrH/c1-22(11-12-2-3-12)9-8-20-17-13-4-5-14(23)18(17)26-19(20)15(24)6-7-21(20,25)16(22)10-13;/h4-5,12,16,19,25H,2-3,6-11H2,1H3;1H/t16-,19-,20-,21+,22?;/m0./s1/i1D3;. The van der Waals surface area contributed by atoms with Gasteiger partial charge in [0.15, 0.2) is 23.4 Å². The summed E-state index contributed by atoms with van der Waals surface area (Å²) in [6.07, 6.45) is 2.49. The van der Waals surface area contributed by atoms with E-state index >= 15 is 0 Å². The number of phenolic OH excluding ortho intramolecular Hbond substituents is 1. The van der Waals surface area contributed by atoms with Crippen molar-refractivity contribution < 1.29 is 45.3 Å². The molecule has 146 valence electrons. The van der Waals surface area contributed by atoms with Gasteiger partial charge in [-0.25, -0.2) is 0 Å². The SMILES string of the molecule is [2H]C([2H])([2H])[N+]1(CC2CC2)CC[C@]23c4c5ccc(O)c4O[C@H]2C(=O)CC[C@@]3(O)[C@@H]1C5.[Br-]. The molecule has 5 aliphatic rings. The third-order valence-corrected chi connectivity index (χ3v) is 7.92. The highest BCUT2D eigenvalue weighted by atomic mass is 79.9. The van der Waals surface area contributed by atoms with E-state index < -0.39 is 30.1 Å². The second-order valence-corrected chi connectivity index (χ2v) is 9.16. The second-order valence-electron chi connectivity index (χ2n) is 9.16. The van der Waals surface area contributed by atoms with Crippen LogP contribution in [0, 0.1) is 5.92 Å². The molecule has 2 bridgehead atoms. The minimum Gasteiger partial charge on any atom is -1.00 e. The van der Waals surface area contributed by atoms with Crippen molar-refractivity contribution in [3.8, 4) is 11.5 Å². The smallest absolute Gasteiger partial charge is 0.174 e. The van der Waals surface area contributed by atoms with Gasteiger partial charge in [-0.05, 0) is 30.9 Å². The number of likely N-dealkylation sites (tertiary alicyclic amines) is 1. The molecule has 1 unspecified atom stereocenters. The molecule has 6 rings (SSSR count). The maximum atomic E-state index is 12.9. The number of rotatable bonds is 2. The van der Waals surface area contributed by atoms with Crippen LogP contribution in [0.2, 0.25) is 0 Å². The molecule has 1 aromatic rings. The molecule has 3 fully saturated rings. The van der Waals surface area contributed by atoms with E-state index in [2.05, 4.69) is 0 Å². The van der Waals surface area contributed by atoms with E-state index in [1.807, 2.05) is 6.07 Å². The highest BCUT2D eigenvalue weighted by molar-refractivity contribution is 5.90. The first-order valence-corrected chi connectivity index (χ1v) is 9.78. The van der Waals surface area contributed by atoms with Crippen molar-refractivity contribution >= 4 is 5.78 Å². The van der Waals surface area contributed by atoms with Crippen molar-refractivity contribution in [2.45, 2.75) is 61.7 Å². The molecule has 0 amide bonds.